The average molecular weight is 475 g/mol. The smallest absolute Gasteiger partial charge is 0.243 e. The number of H-pyrrole nitrogens is 1. The van der Waals surface area contributed by atoms with Gasteiger partial charge in [0.25, 0.3) is 0 Å². The standard InChI is InChI=1S/C18H26FN5O.HI/c1-4-8-20-18(23-12-17(25)24(2)3)21-9-7-13-11-22-16-6-5-14(19)10-15(13)16;/h5-6,10-11,22H,4,7-9,12H2,1-3H3,(H2,20,21,23);1H. The third-order valence-corrected chi connectivity index (χ3v) is 3.83. The summed E-state index contributed by atoms with van der Waals surface area (Å²) in [4.78, 5) is 20.7. The van der Waals surface area contributed by atoms with Crippen LogP contribution in [0, 0.1) is 5.82 Å². The van der Waals surface area contributed by atoms with Gasteiger partial charge in [0.1, 0.15) is 12.4 Å². The molecule has 0 unspecified atom stereocenters. The third kappa shape index (κ3) is 6.47. The first-order valence-corrected chi connectivity index (χ1v) is 8.49. The SMILES string of the molecule is CCCNC(=NCC(=O)N(C)C)NCCc1c[nH]c2ccc(F)cc12.I. The number of aromatic amines is 1. The Morgan fingerprint density at radius 3 is 2.69 bits per heavy atom. The van der Waals surface area contributed by atoms with Gasteiger partial charge in [-0.3, -0.25) is 4.79 Å². The minimum atomic E-state index is -0.240. The van der Waals surface area contributed by atoms with Crippen LogP contribution in [0.5, 0.6) is 0 Å². The second-order valence-corrected chi connectivity index (χ2v) is 6.06. The van der Waals surface area contributed by atoms with E-state index in [0.717, 1.165) is 35.9 Å². The van der Waals surface area contributed by atoms with Crippen molar-refractivity contribution in [3.05, 3.63) is 35.8 Å². The second kappa shape index (κ2) is 11.0. The van der Waals surface area contributed by atoms with Crippen LogP contribution < -0.4 is 10.6 Å². The summed E-state index contributed by atoms with van der Waals surface area (Å²) < 4.78 is 13.4. The maximum Gasteiger partial charge on any atom is 0.243 e. The van der Waals surface area contributed by atoms with E-state index in [0.29, 0.717) is 12.5 Å². The van der Waals surface area contributed by atoms with Crippen LogP contribution in [-0.4, -0.2) is 55.5 Å². The number of likely N-dealkylation sites (N-methyl/N-ethyl adjacent to an activating group) is 1. The summed E-state index contributed by atoms with van der Waals surface area (Å²) in [6.45, 7) is 3.58. The normalized spacial score (nSPS) is 11.2. The second-order valence-electron chi connectivity index (χ2n) is 6.06. The molecular weight excluding hydrogens is 448 g/mol. The van der Waals surface area contributed by atoms with Gasteiger partial charge in [0.2, 0.25) is 5.91 Å². The number of benzene rings is 1. The molecule has 0 aliphatic carbocycles. The molecule has 2 aromatic rings. The van der Waals surface area contributed by atoms with E-state index < -0.39 is 0 Å². The van der Waals surface area contributed by atoms with Gasteiger partial charge in [-0.05, 0) is 36.6 Å². The van der Waals surface area contributed by atoms with E-state index in [1.165, 1.54) is 11.0 Å². The number of amides is 1. The molecule has 26 heavy (non-hydrogen) atoms. The highest BCUT2D eigenvalue weighted by atomic mass is 127. The summed E-state index contributed by atoms with van der Waals surface area (Å²) >= 11 is 0. The Bertz CT molecular complexity index is 744. The van der Waals surface area contributed by atoms with Crippen molar-refractivity contribution in [3.8, 4) is 0 Å². The van der Waals surface area contributed by atoms with Crippen LogP contribution >= 0.6 is 24.0 Å². The Hall–Kier alpha value is -1.84. The van der Waals surface area contributed by atoms with E-state index in [2.05, 4.69) is 27.5 Å². The molecule has 2 rings (SSSR count). The molecule has 0 aliphatic rings. The first-order chi connectivity index (χ1) is 12.0. The van der Waals surface area contributed by atoms with E-state index in [-0.39, 0.29) is 42.2 Å². The van der Waals surface area contributed by atoms with Crippen LogP contribution in [0.3, 0.4) is 0 Å². The van der Waals surface area contributed by atoms with Crippen molar-refractivity contribution >= 4 is 46.7 Å². The van der Waals surface area contributed by atoms with Crippen LogP contribution in [-0.2, 0) is 11.2 Å². The molecule has 0 radical (unpaired) electrons. The van der Waals surface area contributed by atoms with Gasteiger partial charge in [0.05, 0.1) is 0 Å². The summed E-state index contributed by atoms with van der Waals surface area (Å²) in [5, 5.41) is 7.31. The predicted octanol–water partition coefficient (Wildman–Crippen LogP) is 2.50. The topological polar surface area (TPSA) is 72.5 Å². The third-order valence-electron chi connectivity index (χ3n) is 3.83. The van der Waals surface area contributed by atoms with Gasteiger partial charge >= 0.3 is 0 Å². The first-order valence-electron chi connectivity index (χ1n) is 8.49. The van der Waals surface area contributed by atoms with Gasteiger partial charge in [0, 0.05) is 44.3 Å². The lowest BCUT2D eigenvalue weighted by Gasteiger charge is -2.13. The number of hydrogen-bond acceptors (Lipinski definition) is 2. The Kier molecular flexibility index (Phi) is 9.39. The molecule has 8 heteroatoms. The first kappa shape index (κ1) is 22.2. The van der Waals surface area contributed by atoms with Crippen molar-refractivity contribution in [2.75, 3.05) is 33.7 Å². The summed E-state index contributed by atoms with van der Waals surface area (Å²) in [5.74, 6) is 0.322. The summed E-state index contributed by atoms with van der Waals surface area (Å²) in [5.41, 5.74) is 1.96. The zero-order chi connectivity index (χ0) is 18.2. The largest absolute Gasteiger partial charge is 0.361 e. The summed E-state index contributed by atoms with van der Waals surface area (Å²) in [7, 11) is 3.42. The number of rotatable bonds is 7. The molecule has 0 saturated carbocycles. The lowest BCUT2D eigenvalue weighted by atomic mass is 10.1. The fraction of sp³-hybridized carbons (Fsp3) is 0.444. The maximum atomic E-state index is 13.4. The number of nitrogens with zero attached hydrogens (tertiary/aromatic N) is 2. The zero-order valence-corrected chi connectivity index (χ0v) is 17.8. The quantitative estimate of drug-likeness (QED) is 0.328. The molecule has 0 bridgehead atoms. The van der Waals surface area contributed by atoms with Gasteiger partial charge in [-0.25, -0.2) is 9.38 Å². The number of fused-ring (bicyclic) bond motifs is 1. The highest BCUT2D eigenvalue weighted by Gasteiger charge is 2.07. The molecule has 0 atom stereocenters. The minimum absolute atomic E-state index is 0. The van der Waals surface area contributed by atoms with E-state index >= 15 is 0 Å². The molecule has 0 saturated heterocycles. The molecule has 1 aromatic carbocycles. The van der Waals surface area contributed by atoms with Crippen LogP contribution in [0.25, 0.3) is 10.9 Å². The predicted molar refractivity (Wildman–Crippen MR) is 115 cm³/mol. The Morgan fingerprint density at radius 1 is 1.27 bits per heavy atom. The number of aliphatic imine (C=N–C) groups is 1. The number of nitrogens with one attached hydrogen (secondary N) is 3. The van der Waals surface area contributed by atoms with E-state index in [1.54, 1.807) is 26.2 Å². The van der Waals surface area contributed by atoms with Crippen molar-refractivity contribution in [2.45, 2.75) is 19.8 Å². The lowest BCUT2D eigenvalue weighted by Crippen LogP contribution is -2.39. The zero-order valence-electron chi connectivity index (χ0n) is 15.4. The van der Waals surface area contributed by atoms with Gasteiger partial charge in [0.15, 0.2) is 5.96 Å². The summed E-state index contributed by atoms with van der Waals surface area (Å²) in [6, 6.07) is 4.73. The maximum absolute atomic E-state index is 13.4. The number of guanidine groups is 1. The number of halogens is 2. The van der Waals surface area contributed by atoms with E-state index in [1.807, 2.05) is 6.20 Å². The van der Waals surface area contributed by atoms with Gasteiger partial charge < -0.3 is 20.5 Å². The van der Waals surface area contributed by atoms with Gasteiger partial charge in [-0.15, -0.1) is 24.0 Å². The molecule has 0 aliphatic heterocycles. The molecule has 1 amide bonds. The molecule has 3 N–H and O–H groups in total. The molecule has 144 valence electrons. The fourth-order valence-corrected chi connectivity index (χ4v) is 2.38. The Labute approximate surface area is 170 Å². The molecule has 0 spiro atoms. The molecule has 1 aromatic heterocycles. The van der Waals surface area contributed by atoms with Crippen molar-refractivity contribution < 1.29 is 9.18 Å². The van der Waals surface area contributed by atoms with Gasteiger partial charge in [-0.1, -0.05) is 6.92 Å². The number of aromatic nitrogens is 1. The van der Waals surface area contributed by atoms with Crippen LogP contribution in [0.15, 0.2) is 29.4 Å². The minimum Gasteiger partial charge on any atom is -0.361 e. The van der Waals surface area contributed by atoms with E-state index in [4.69, 9.17) is 0 Å². The monoisotopic (exact) mass is 475 g/mol. The van der Waals surface area contributed by atoms with Crippen LogP contribution in [0.4, 0.5) is 4.39 Å². The molecule has 6 nitrogen and oxygen atoms in total. The molecule has 0 fully saturated rings. The average Bonchev–Trinajstić information content (AvgIpc) is 2.98. The van der Waals surface area contributed by atoms with Crippen molar-refractivity contribution in [1.29, 1.82) is 0 Å². The van der Waals surface area contributed by atoms with Gasteiger partial charge in [-0.2, -0.15) is 0 Å². The fourth-order valence-electron chi connectivity index (χ4n) is 2.38. The van der Waals surface area contributed by atoms with Crippen LogP contribution in [0.2, 0.25) is 0 Å². The number of carbonyl (C=O) groups is 1. The number of carbonyl (C=O) groups excluding carboxylic acids is 1. The lowest BCUT2D eigenvalue weighted by molar-refractivity contribution is -0.127. The van der Waals surface area contributed by atoms with Crippen molar-refractivity contribution in [1.82, 2.24) is 20.5 Å². The summed E-state index contributed by atoms with van der Waals surface area (Å²) in [6.07, 6.45) is 3.58. The highest BCUT2D eigenvalue weighted by Crippen LogP contribution is 2.19. The van der Waals surface area contributed by atoms with Crippen LogP contribution in [0.1, 0.15) is 18.9 Å². The Morgan fingerprint density at radius 2 is 2.00 bits per heavy atom. The number of hydrogen-bond donors (Lipinski definition) is 3. The molecular formula is C18H27FIN5O. The highest BCUT2D eigenvalue weighted by molar-refractivity contribution is 14.0. The molecule has 1 heterocycles. The Balaban J connectivity index is 0.00000338. The van der Waals surface area contributed by atoms with Crippen molar-refractivity contribution in [3.63, 3.8) is 0 Å². The van der Waals surface area contributed by atoms with E-state index in [9.17, 15) is 9.18 Å². The van der Waals surface area contributed by atoms with Crippen molar-refractivity contribution in [2.24, 2.45) is 4.99 Å².